The molecule has 0 unspecified atom stereocenters. The van der Waals surface area contributed by atoms with Crippen LogP contribution in [-0.4, -0.2) is 45.3 Å². The summed E-state index contributed by atoms with van der Waals surface area (Å²) in [4.78, 5) is 10.5. The van der Waals surface area contributed by atoms with Crippen LogP contribution in [-0.2, 0) is 6.54 Å². The van der Waals surface area contributed by atoms with Crippen LogP contribution in [0.15, 0.2) is 22.9 Å². The molecule has 0 aromatic carbocycles. The van der Waals surface area contributed by atoms with Gasteiger partial charge in [-0.25, -0.2) is 14.4 Å². The monoisotopic (exact) mass is 305 g/mol. The Kier molecular flexibility index (Phi) is 4.33. The maximum atomic E-state index is 13.8. The van der Waals surface area contributed by atoms with Crippen LogP contribution < -0.4 is 5.32 Å². The molecular weight excluding hydrogens is 285 g/mol. The van der Waals surface area contributed by atoms with Crippen molar-refractivity contribution >= 4 is 5.95 Å². The molecule has 1 saturated heterocycles. The number of aromatic nitrogens is 3. The van der Waals surface area contributed by atoms with Crippen LogP contribution in [0.2, 0.25) is 0 Å². The number of nitrogens with one attached hydrogen (secondary N) is 1. The van der Waals surface area contributed by atoms with E-state index in [2.05, 4.69) is 25.3 Å². The lowest BCUT2D eigenvalue weighted by Gasteiger charge is -2.22. The normalized spacial score (nSPS) is 22.1. The van der Waals surface area contributed by atoms with Gasteiger partial charge in [-0.05, 0) is 26.3 Å². The van der Waals surface area contributed by atoms with Gasteiger partial charge in [-0.1, -0.05) is 5.16 Å². The first-order valence-corrected chi connectivity index (χ1v) is 7.44. The van der Waals surface area contributed by atoms with Gasteiger partial charge in [0.1, 0.15) is 6.17 Å². The highest BCUT2D eigenvalue weighted by molar-refractivity contribution is 5.25. The number of nitrogens with zero attached hydrogens (tertiary/aromatic N) is 4. The molecule has 1 aliphatic heterocycles. The zero-order chi connectivity index (χ0) is 15.5. The second-order valence-corrected chi connectivity index (χ2v) is 5.75. The molecule has 7 heteroatoms. The van der Waals surface area contributed by atoms with Crippen LogP contribution in [0.4, 0.5) is 10.3 Å². The third-order valence-corrected chi connectivity index (χ3v) is 3.80. The molecule has 2 aromatic heterocycles. The molecule has 0 aliphatic carbocycles. The van der Waals surface area contributed by atoms with Crippen molar-refractivity contribution in [1.82, 2.24) is 20.0 Å². The third kappa shape index (κ3) is 3.59. The average Bonchev–Trinajstić information content (AvgIpc) is 3.03. The van der Waals surface area contributed by atoms with Gasteiger partial charge in [0.25, 0.3) is 0 Å². The number of likely N-dealkylation sites (tertiary alicyclic amines) is 1. The average molecular weight is 305 g/mol. The Balaban J connectivity index is 1.60. The van der Waals surface area contributed by atoms with Crippen molar-refractivity contribution < 1.29 is 8.91 Å². The van der Waals surface area contributed by atoms with Gasteiger partial charge in [-0.3, -0.25) is 4.90 Å². The Morgan fingerprint density at radius 3 is 3.00 bits per heavy atom. The summed E-state index contributed by atoms with van der Waals surface area (Å²) < 4.78 is 19.0. The molecular formula is C15H20FN5O. The van der Waals surface area contributed by atoms with Crippen molar-refractivity contribution in [3.63, 3.8) is 0 Å². The number of hydrogen-bond acceptors (Lipinski definition) is 6. The molecule has 2 atom stereocenters. The lowest BCUT2D eigenvalue weighted by atomic mass is 10.2. The Morgan fingerprint density at radius 2 is 2.27 bits per heavy atom. The predicted molar refractivity (Wildman–Crippen MR) is 80.2 cm³/mol. The van der Waals surface area contributed by atoms with Gasteiger partial charge in [0.2, 0.25) is 5.95 Å². The highest BCUT2D eigenvalue weighted by atomic mass is 19.1. The van der Waals surface area contributed by atoms with Gasteiger partial charge in [0, 0.05) is 37.1 Å². The third-order valence-electron chi connectivity index (χ3n) is 3.80. The van der Waals surface area contributed by atoms with E-state index in [1.807, 2.05) is 26.0 Å². The fourth-order valence-electron chi connectivity index (χ4n) is 2.76. The minimum absolute atomic E-state index is 0.0875. The maximum absolute atomic E-state index is 13.8. The summed E-state index contributed by atoms with van der Waals surface area (Å²) in [6.45, 7) is 5.39. The first kappa shape index (κ1) is 14.9. The van der Waals surface area contributed by atoms with E-state index in [0.29, 0.717) is 32.0 Å². The maximum Gasteiger partial charge on any atom is 0.222 e. The summed E-state index contributed by atoms with van der Waals surface area (Å²) in [5, 5.41) is 7.07. The summed E-state index contributed by atoms with van der Waals surface area (Å²) in [5.74, 6) is 1.35. The number of aryl methyl sites for hydroxylation is 2. The summed E-state index contributed by atoms with van der Waals surface area (Å²) in [6.07, 6.45) is 1.41. The number of alkyl halides is 1. The summed E-state index contributed by atoms with van der Waals surface area (Å²) in [7, 11) is 0. The summed E-state index contributed by atoms with van der Waals surface area (Å²) in [6, 6.07) is 3.82. The van der Waals surface area contributed by atoms with Crippen molar-refractivity contribution in [2.75, 3.05) is 18.4 Å². The minimum atomic E-state index is -0.811. The Bertz CT molecular complexity index is 632. The van der Waals surface area contributed by atoms with E-state index in [-0.39, 0.29) is 6.04 Å². The number of rotatable bonds is 5. The zero-order valence-electron chi connectivity index (χ0n) is 12.8. The van der Waals surface area contributed by atoms with Crippen LogP contribution in [0.5, 0.6) is 0 Å². The van der Waals surface area contributed by atoms with Gasteiger partial charge in [0.05, 0.1) is 12.2 Å². The van der Waals surface area contributed by atoms with Crippen LogP contribution in [0, 0.1) is 13.8 Å². The predicted octanol–water partition coefficient (Wildman–Crippen LogP) is 2.11. The molecule has 22 heavy (non-hydrogen) atoms. The lowest BCUT2D eigenvalue weighted by molar-refractivity contribution is 0.212. The second-order valence-electron chi connectivity index (χ2n) is 5.75. The zero-order valence-corrected chi connectivity index (χ0v) is 12.8. The van der Waals surface area contributed by atoms with Gasteiger partial charge in [-0.15, -0.1) is 0 Å². The summed E-state index contributed by atoms with van der Waals surface area (Å²) in [5.41, 5.74) is 1.75. The van der Waals surface area contributed by atoms with Gasteiger partial charge >= 0.3 is 0 Å². The fraction of sp³-hybridized carbons (Fsp3) is 0.533. The topological polar surface area (TPSA) is 67.1 Å². The molecule has 0 amide bonds. The highest BCUT2D eigenvalue weighted by Crippen LogP contribution is 2.23. The Hall–Kier alpha value is -2.02. The fourth-order valence-corrected chi connectivity index (χ4v) is 2.76. The smallest absolute Gasteiger partial charge is 0.222 e. The van der Waals surface area contributed by atoms with E-state index >= 15 is 0 Å². The van der Waals surface area contributed by atoms with Crippen LogP contribution >= 0.6 is 0 Å². The van der Waals surface area contributed by atoms with E-state index in [1.165, 1.54) is 0 Å². The molecule has 1 fully saturated rings. The standard InChI is InChI=1S/C15H20FN5O/c1-10-3-4-17-15(19-10)18-7-13-6-12(16)8-21(13)9-14-5-11(2)20-22-14/h3-5,12-13H,6-9H2,1-2H3,(H,17,18,19)/t12-,13-/m0/s1. The number of hydrogen-bond donors (Lipinski definition) is 1. The van der Waals surface area contributed by atoms with Crippen molar-refractivity contribution in [3.05, 3.63) is 35.5 Å². The van der Waals surface area contributed by atoms with Gasteiger partial charge < -0.3 is 9.84 Å². The second kappa shape index (κ2) is 6.39. The van der Waals surface area contributed by atoms with Gasteiger partial charge in [-0.2, -0.15) is 0 Å². The molecule has 0 radical (unpaired) electrons. The molecule has 0 saturated carbocycles. The Morgan fingerprint density at radius 1 is 1.41 bits per heavy atom. The first-order valence-electron chi connectivity index (χ1n) is 7.44. The number of anilines is 1. The van der Waals surface area contributed by atoms with Crippen molar-refractivity contribution in [1.29, 1.82) is 0 Å². The molecule has 1 N–H and O–H groups in total. The highest BCUT2D eigenvalue weighted by Gasteiger charge is 2.32. The lowest BCUT2D eigenvalue weighted by Crippen LogP contribution is -2.34. The molecule has 3 heterocycles. The molecule has 0 spiro atoms. The SMILES string of the molecule is Cc1cc(CN2C[C@@H](F)C[C@H]2CNc2nccc(C)n2)on1. The molecule has 2 aromatic rings. The van der Waals surface area contributed by atoms with Crippen molar-refractivity contribution in [2.24, 2.45) is 0 Å². The molecule has 3 rings (SSSR count). The molecule has 6 nitrogen and oxygen atoms in total. The molecule has 0 bridgehead atoms. The van der Waals surface area contributed by atoms with Crippen molar-refractivity contribution in [2.45, 2.75) is 39.0 Å². The van der Waals surface area contributed by atoms with Crippen molar-refractivity contribution in [3.8, 4) is 0 Å². The van der Waals surface area contributed by atoms with Crippen LogP contribution in [0.25, 0.3) is 0 Å². The summed E-state index contributed by atoms with van der Waals surface area (Å²) >= 11 is 0. The van der Waals surface area contributed by atoms with E-state index in [1.54, 1.807) is 6.20 Å². The van der Waals surface area contributed by atoms with E-state index in [4.69, 9.17) is 4.52 Å². The van der Waals surface area contributed by atoms with Crippen LogP contribution in [0.3, 0.4) is 0 Å². The Labute approximate surface area is 128 Å². The quantitative estimate of drug-likeness (QED) is 0.912. The van der Waals surface area contributed by atoms with Gasteiger partial charge in [0.15, 0.2) is 5.76 Å². The largest absolute Gasteiger partial charge is 0.360 e. The van der Waals surface area contributed by atoms with E-state index in [9.17, 15) is 4.39 Å². The molecule has 1 aliphatic rings. The minimum Gasteiger partial charge on any atom is -0.360 e. The number of halogens is 1. The van der Waals surface area contributed by atoms with E-state index in [0.717, 1.165) is 17.1 Å². The molecule has 118 valence electrons. The van der Waals surface area contributed by atoms with E-state index < -0.39 is 6.17 Å². The van der Waals surface area contributed by atoms with Crippen LogP contribution in [0.1, 0.15) is 23.6 Å². The first-order chi connectivity index (χ1) is 10.6.